The van der Waals surface area contributed by atoms with E-state index >= 15 is 0 Å². The largest absolute Gasteiger partial charge is 0.353 e. The lowest BCUT2D eigenvalue weighted by atomic mass is 10.1. The van der Waals surface area contributed by atoms with Crippen LogP contribution in [0.5, 0.6) is 0 Å². The zero-order chi connectivity index (χ0) is 25.2. The molecule has 1 amide bonds. The maximum absolute atomic E-state index is 13.3. The van der Waals surface area contributed by atoms with Crippen LogP contribution in [0.2, 0.25) is 5.02 Å². The molecule has 2 aromatic carbocycles. The molecule has 1 unspecified atom stereocenters. The minimum absolute atomic E-state index is 0.302. The summed E-state index contributed by atoms with van der Waals surface area (Å²) in [5.41, 5.74) is 6.18. The van der Waals surface area contributed by atoms with Crippen molar-refractivity contribution in [3.8, 4) is 0 Å². The molecule has 192 valence electrons. The zero-order valence-corrected chi connectivity index (χ0v) is 23.8. The monoisotopic (exact) mass is 592 g/mol. The van der Waals surface area contributed by atoms with Crippen molar-refractivity contribution in [2.24, 2.45) is 5.92 Å². The molecule has 0 bridgehead atoms. The second-order valence-electron chi connectivity index (χ2n) is 9.60. The second kappa shape index (κ2) is 11.3. The molecule has 3 aromatic rings. The summed E-state index contributed by atoms with van der Waals surface area (Å²) in [6.07, 6.45) is 4.16. The Bertz CT molecular complexity index is 1260. The number of carbonyl (C=O) groups excluding carboxylic acids is 1. The van der Waals surface area contributed by atoms with Crippen LogP contribution < -0.4 is 16.1 Å². The zero-order valence-electron chi connectivity index (χ0n) is 20.3. The van der Waals surface area contributed by atoms with Crippen LogP contribution >= 0.6 is 36.8 Å². The summed E-state index contributed by atoms with van der Waals surface area (Å²) >= 11 is 9.93. The number of benzene rings is 2. The highest BCUT2D eigenvalue weighted by Gasteiger charge is 2.24. The van der Waals surface area contributed by atoms with E-state index in [0.717, 1.165) is 72.9 Å². The number of hydroxylamine groups is 1. The highest BCUT2D eigenvalue weighted by molar-refractivity contribution is 9.10. The summed E-state index contributed by atoms with van der Waals surface area (Å²) in [5, 5.41) is 4.71. The number of hydrogen-bond acceptors (Lipinski definition) is 6. The molecule has 2 N–H and O–H groups in total. The van der Waals surface area contributed by atoms with E-state index in [1.54, 1.807) is 0 Å². The Morgan fingerprint density at radius 2 is 2.00 bits per heavy atom. The molecular formula is C25H31BrClN6O2P. The molecule has 1 aromatic heterocycles. The van der Waals surface area contributed by atoms with Gasteiger partial charge >= 0.3 is 0 Å². The molecule has 2 fully saturated rings. The molecule has 0 radical (unpaired) electrons. The molecule has 2 heterocycles. The van der Waals surface area contributed by atoms with Gasteiger partial charge < -0.3 is 14.8 Å². The second-order valence-corrected chi connectivity index (χ2v) is 11.5. The molecule has 36 heavy (non-hydrogen) atoms. The van der Waals surface area contributed by atoms with Gasteiger partial charge in [-0.15, -0.1) is 9.24 Å². The number of likely N-dealkylation sites (N-methyl/N-ethyl adjacent to an activating group) is 1. The van der Waals surface area contributed by atoms with Crippen molar-refractivity contribution in [1.82, 2.24) is 24.8 Å². The number of amides is 1. The Balaban J connectivity index is 1.44. The van der Waals surface area contributed by atoms with E-state index < -0.39 is 0 Å². The number of anilines is 2. The van der Waals surface area contributed by atoms with Gasteiger partial charge in [-0.2, -0.15) is 0 Å². The summed E-state index contributed by atoms with van der Waals surface area (Å²) in [5.74, 6) is 0.240. The van der Waals surface area contributed by atoms with E-state index in [-0.39, 0.29) is 5.91 Å². The minimum Gasteiger partial charge on any atom is -0.353 e. The van der Waals surface area contributed by atoms with Crippen LogP contribution in [0.15, 0.2) is 35.1 Å². The molecule has 5 rings (SSSR count). The molecule has 11 heteroatoms. The van der Waals surface area contributed by atoms with E-state index in [1.807, 2.05) is 30.6 Å². The van der Waals surface area contributed by atoms with E-state index in [1.165, 1.54) is 0 Å². The van der Waals surface area contributed by atoms with E-state index in [2.05, 4.69) is 57.4 Å². The number of carbonyl (C=O) groups is 1. The van der Waals surface area contributed by atoms with Crippen molar-refractivity contribution in [3.05, 3.63) is 45.7 Å². The number of halogens is 2. The van der Waals surface area contributed by atoms with Crippen LogP contribution in [0.25, 0.3) is 11.0 Å². The molecule has 1 saturated heterocycles. The Hall–Kier alpha value is -1.74. The van der Waals surface area contributed by atoms with Gasteiger partial charge in [0.15, 0.2) is 0 Å². The SMILES string of the molecule is CN1CCN(CCn2cnc3c(P)c(Nc4ccc(Br)cc4Cl)c(C(=O)NOCC4CC4)cc32)CC1. The molecule has 1 aliphatic heterocycles. The van der Waals surface area contributed by atoms with Gasteiger partial charge in [0.25, 0.3) is 5.91 Å². The van der Waals surface area contributed by atoms with Crippen molar-refractivity contribution in [3.63, 3.8) is 0 Å². The standard InChI is InChI=1S/C25H31BrClN6O2P/c1-31-6-8-32(9-7-31)10-11-33-15-28-23-21(33)13-18(25(34)30-35-14-16-2-3-16)22(24(23)36)29-20-5-4-17(26)12-19(20)27/h4-5,12-13,15-16,29H,2-3,6-11,14,36H2,1H3,(H,30,34). The first-order valence-electron chi connectivity index (χ1n) is 12.2. The first-order valence-corrected chi connectivity index (χ1v) is 14.0. The lowest BCUT2D eigenvalue weighted by Crippen LogP contribution is -2.45. The number of fused-ring (bicyclic) bond motifs is 1. The predicted molar refractivity (Wildman–Crippen MR) is 152 cm³/mol. The third-order valence-electron chi connectivity index (χ3n) is 6.82. The third kappa shape index (κ3) is 6.04. The van der Waals surface area contributed by atoms with Gasteiger partial charge in [0.1, 0.15) is 0 Å². The molecule has 1 atom stereocenters. The van der Waals surface area contributed by atoms with E-state index in [4.69, 9.17) is 21.4 Å². The Kier molecular flexibility index (Phi) is 8.15. The van der Waals surface area contributed by atoms with Crippen LogP contribution in [-0.4, -0.2) is 71.6 Å². The Morgan fingerprint density at radius 1 is 1.22 bits per heavy atom. The average Bonchev–Trinajstić information content (AvgIpc) is 3.59. The number of nitrogens with one attached hydrogen (secondary N) is 2. The van der Waals surface area contributed by atoms with Crippen LogP contribution in [0.4, 0.5) is 11.4 Å². The number of imidazole rings is 1. The van der Waals surface area contributed by atoms with Gasteiger partial charge in [0.2, 0.25) is 0 Å². The molecule has 1 aliphatic carbocycles. The van der Waals surface area contributed by atoms with Gasteiger partial charge in [0, 0.05) is 49.0 Å². The number of hydrogen-bond donors (Lipinski definition) is 2. The van der Waals surface area contributed by atoms with Gasteiger partial charge in [0.05, 0.1) is 45.9 Å². The van der Waals surface area contributed by atoms with Crippen LogP contribution in [-0.2, 0) is 11.4 Å². The summed E-state index contributed by atoms with van der Waals surface area (Å²) < 4.78 is 3.00. The maximum atomic E-state index is 13.3. The lowest BCUT2D eigenvalue weighted by Gasteiger charge is -2.32. The first-order chi connectivity index (χ1) is 17.4. The molecular weight excluding hydrogens is 563 g/mol. The Morgan fingerprint density at radius 3 is 2.72 bits per heavy atom. The highest BCUT2D eigenvalue weighted by Crippen LogP contribution is 2.32. The average molecular weight is 594 g/mol. The van der Waals surface area contributed by atoms with Crippen molar-refractivity contribution < 1.29 is 9.63 Å². The number of rotatable bonds is 9. The predicted octanol–water partition coefficient (Wildman–Crippen LogP) is 4.02. The highest BCUT2D eigenvalue weighted by atomic mass is 79.9. The Labute approximate surface area is 227 Å². The molecule has 8 nitrogen and oxygen atoms in total. The lowest BCUT2D eigenvalue weighted by molar-refractivity contribution is 0.0271. The summed E-state index contributed by atoms with van der Waals surface area (Å²) in [7, 11) is 4.92. The van der Waals surface area contributed by atoms with Gasteiger partial charge in [-0.25, -0.2) is 10.5 Å². The number of aromatic nitrogens is 2. The van der Waals surface area contributed by atoms with Crippen LogP contribution in [0.3, 0.4) is 0 Å². The van der Waals surface area contributed by atoms with E-state index in [0.29, 0.717) is 34.5 Å². The van der Waals surface area contributed by atoms with Gasteiger partial charge in [-0.3, -0.25) is 14.5 Å². The summed E-state index contributed by atoms with van der Waals surface area (Å²) in [4.78, 5) is 28.3. The van der Waals surface area contributed by atoms with Crippen molar-refractivity contribution >= 4 is 70.4 Å². The summed E-state index contributed by atoms with van der Waals surface area (Å²) in [6.45, 7) is 6.56. The fourth-order valence-corrected chi connectivity index (χ4v) is 5.50. The van der Waals surface area contributed by atoms with Crippen molar-refractivity contribution in [2.75, 3.05) is 51.7 Å². The number of nitrogens with zero attached hydrogens (tertiary/aromatic N) is 4. The summed E-state index contributed by atoms with van der Waals surface area (Å²) in [6, 6.07) is 7.49. The van der Waals surface area contributed by atoms with Crippen LogP contribution in [0.1, 0.15) is 23.2 Å². The fraction of sp³-hybridized carbons (Fsp3) is 0.440. The van der Waals surface area contributed by atoms with Gasteiger partial charge in [-0.05, 0) is 50.1 Å². The molecule has 0 spiro atoms. The van der Waals surface area contributed by atoms with Crippen LogP contribution in [0, 0.1) is 5.92 Å². The normalized spacial score (nSPS) is 17.0. The number of piperazine rings is 1. The maximum Gasteiger partial charge on any atom is 0.277 e. The van der Waals surface area contributed by atoms with Crippen molar-refractivity contribution in [2.45, 2.75) is 19.4 Å². The topological polar surface area (TPSA) is 74.7 Å². The first kappa shape index (κ1) is 25.9. The minimum atomic E-state index is -0.302. The third-order valence-corrected chi connectivity index (χ3v) is 8.19. The quantitative estimate of drug-likeness (QED) is 0.289. The van der Waals surface area contributed by atoms with Gasteiger partial charge in [-0.1, -0.05) is 27.5 Å². The van der Waals surface area contributed by atoms with E-state index in [9.17, 15) is 4.79 Å². The molecule has 1 saturated carbocycles. The van der Waals surface area contributed by atoms with Crippen molar-refractivity contribution in [1.29, 1.82) is 0 Å². The smallest absolute Gasteiger partial charge is 0.277 e. The molecule has 2 aliphatic rings. The fourth-order valence-electron chi connectivity index (χ4n) is 4.33.